The number of carbonyl (C=O) groups excluding carboxylic acids is 2. The molecular formula is C23H17ClFN3O5. The number of amides is 2. The van der Waals surface area contributed by atoms with Crippen LogP contribution < -0.4 is 15.4 Å². The van der Waals surface area contributed by atoms with Crippen molar-refractivity contribution >= 4 is 40.9 Å². The second kappa shape index (κ2) is 10.4. The van der Waals surface area contributed by atoms with Crippen LogP contribution in [0.3, 0.4) is 0 Å². The van der Waals surface area contributed by atoms with Crippen LogP contribution in [0.5, 0.6) is 5.75 Å². The van der Waals surface area contributed by atoms with Gasteiger partial charge in [-0.25, -0.2) is 4.39 Å². The second-order valence-corrected chi connectivity index (χ2v) is 7.05. The van der Waals surface area contributed by atoms with Gasteiger partial charge in [-0.05, 0) is 42.0 Å². The topological polar surface area (TPSA) is 111 Å². The van der Waals surface area contributed by atoms with E-state index in [2.05, 4.69) is 10.6 Å². The molecule has 0 heterocycles. The van der Waals surface area contributed by atoms with Gasteiger partial charge in [-0.3, -0.25) is 19.7 Å². The molecule has 0 fully saturated rings. The second-order valence-electron chi connectivity index (χ2n) is 6.65. The first-order chi connectivity index (χ1) is 15.8. The van der Waals surface area contributed by atoms with Crippen LogP contribution in [-0.4, -0.2) is 23.8 Å². The Bertz CT molecular complexity index is 1260. The van der Waals surface area contributed by atoms with E-state index in [-0.39, 0.29) is 27.5 Å². The van der Waals surface area contributed by atoms with Crippen molar-refractivity contribution in [2.45, 2.75) is 0 Å². The van der Waals surface area contributed by atoms with Crippen LogP contribution in [0.15, 0.2) is 72.4 Å². The molecule has 0 radical (unpaired) electrons. The number of hydrogen-bond donors (Lipinski definition) is 2. The van der Waals surface area contributed by atoms with Crippen molar-refractivity contribution in [3.8, 4) is 5.75 Å². The van der Waals surface area contributed by atoms with Gasteiger partial charge in [-0.15, -0.1) is 0 Å². The molecule has 2 amide bonds. The van der Waals surface area contributed by atoms with Crippen LogP contribution in [0.4, 0.5) is 15.8 Å². The monoisotopic (exact) mass is 469 g/mol. The van der Waals surface area contributed by atoms with Gasteiger partial charge in [0.1, 0.15) is 17.3 Å². The number of methoxy groups -OCH3 is 1. The lowest BCUT2D eigenvalue weighted by molar-refractivity contribution is -0.384. The Labute approximate surface area is 192 Å². The third-order valence-electron chi connectivity index (χ3n) is 4.41. The molecule has 3 aromatic carbocycles. The highest BCUT2D eigenvalue weighted by Gasteiger charge is 2.18. The number of non-ortho nitro benzene ring substituents is 1. The zero-order valence-corrected chi connectivity index (χ0v) is 17.9. The Morgan fingerprint density at radius 3 is 2.52 bits per heavy atom. The first-order valence-electron chi connectivity index (χ1n) is 9.45. The summed E-state index contributed by atoms with van der Waals surface area (Å²) in [6, 6.07) is 15.2. The Kier molecular flexibility index (Phi) is 7.37. The summed E-state index contributed by atoms with van der Waals surface area (Å²) in [6.45, 7) is 0. The number of benzene rings is 3. The predicted molar refractivity (Wildman–Crippen MR) is 122 cm³/mol. The van der Waals surface area contributed by atoms with E-state index in [9.17, 15) is 24.1 Å². The highest BCUT2D eigenvalue weighted by molar-refractivity contribution is 6.32. The molecule has 0 atom stereocenters. The fourth-order valence-corrected chi connectivity index (χ4v) is 3.09. The normalized spacial score (nSPS) is 10.9. The minimum Gasteiger partial charge on any atom is -0.495 e. The Balaban J connectivity index is 1.95. The number of halogens is 2. The number of nitrogens with one attached hydrogen (secondary N) is 2. The van der Waals surface area contributed by atoms with Crippen molar-refractivity contribution in [2.75, 3.05) is 12.4 Å². The number of carbonyl (C=O) groups is 2. The molecule has 33 heavy (non-hydrogen) atoms. The molecule has 0 unspecified atom stereocenters. The highest BCUT2D eigenvalue weighted by Crippen LogP contribution is 2.27. The molecule has 8 nitrogen and oxygen atoms in total. The molecule has 0 saturated carbocycles. The smallest absolute Gasteiger partial charge is 0.272 e. The number of nitrogens with zero attached hydrogens (tertiary/aromatic N) is 1. The molecule has 168 valence electrons. The minimum atomic E-state index is -0.868. The fraction of sp³-hybridized carbons (Fsp3) is 0.0435. The van der Waals surface area contributed by atoms with E-state index >= 15 is 0 Å². The van der Waals surface area contributed by atoms with Crippen LogP contribution in [0.1, 0.15) is 15.9 Å². The molecule has 0 aliphatic rings. The SMILES string of the molecule is COc1ccc(NC(=O)/C(=C/c2cccc([N+](=O)[O-])c2)NC(=O)c2ccccc2F)cc1Cl. The van der Waals surface area contributed by atoms with E-state index < -0.39 is 22.6 Å². The molecule has 0 bridgehead atoms. The molecule has 3 rings (SSSR count). The standard InChI is InChI=1S/C23H17ClFN3O5/c1-33-21-10-9-15(13-18(21)24)26-23(30)20(12-14-5-4-6-16(11-14)28(31)32)27-22(29)17-7-2-3-8-19(17)25/h2-13H,1H3,(H,26,30)(H,27,29)/b20-12-. The first kappa shape index (κ1) is 23.4. The van der Waals surface area contributed by atoms with Crippen LogP contribution in [-0.2, 0) is 4.79 Å². The molecule has 0 saturated heterocycles. The summed E-state index contributed by atoms with van der Waals surface area (Å²) in [4.78, 5) is 36.1. The summed E-state index contributed by atoms with van der Waals surface area (Å²) >= 11 is 6.09. The number of anilines is 1. The summed E-state index contributed by atoms with van der Waals surface area (Å²) in [7, 11) is 1.44. The molecule has 0 aliphatic carbocycles. The lowest BCUT2D eigenvalue weighted by Crippen LogP contribution is -2.31. The summed E-state index contributed by atoms with van der Waals surface area (Å²) in [6.07, 6.45) is 1.24. The van der Waals surface area contributed by atoms with Gasteiger partial charge >= 0.3 is 0 Å². The average molecular weight is 470 g/mol. The van der Waals surface area contributed by atoms with Gasteiger partial charge in [-0.2, -0.15) is 0 Å². The van der Waals surface area contributed by atoms with Gasteiger partial charge in [0.2, 0.25) is 0 Å². The van der Waals surface area contributed by atoms with Crippen molar-refractivity contribution in [1.82, 2.24) is 5.32 Å². The predicted octanol–water partition coefficient (Wildman–Crippen LogP) is 4.81. The quantitative estimate of drug-likeness (QED) is 0.293. The van der Waals surface area contributed by atoms with Gasteiger partial charge < -0.3 is 15.4 Å². The lowest BCUT2D eigenvalue weighted by atomic mass is 10.1. The van der Waals surface area contributed by atoms with Crippen LogP contribution in [0, 0.1) is 15.9 Å². The van der Waals surface area contributed by atoms with Gasteiger partial charge in [0.15, 0.2) is 0 Å². The molecule has 0 aromatic heterocycles. The maximum Gasteiger partial charge on any atom is 0.272 e. The van der Waals surface area contributed by atoms with Gasteiger partial charge in [0.25, 0.3) is 17.5 Å². The zero-order chi connectivity index (χ0) is 24.0. The third kappa shape index (κ3) is 5.92. The highest BCUT2D eigenvalue weighted by atomic mass is 35.5. The van der Waals surface area contributed by atoms with Crippen molar-refractivity contribution in [3.63, 3.8) is 0 Å². The van der Waals surface area contributed by atoms with Gasteiger partial charge in [-0.1, -0.05) is 35.9 Å². The molecule has 10 heteroatoms. The van der Waals surface area contributed by atoms with Gasteiger partial charge in [0.05, 0.1) is 22.6 Å². The molecular weight excluding hydrogens is 453 g/mol. The van der Waals surface area contributed by atoms with Crippen molar-refractivity contribution in [1.29, 1.82) is 0 Å². The van der Waals surface area contributed by atoms with E-state index in [0.29, 0.717) is 11.4 Å². The Morgan fingerprint density at radius 1 is 1.09 bits per heavy atom. The molecule has 0 aliphatic heterocycles. The summed E-state index contributed by atoms with van der Waals surface area (Å²) in [5, 5.41) is 16.3. The number of nitro groups is 1. The zero-order valence-electron chi connectivity index (χ0n) is 17.2. The maximum atomic E-state index is 14.0. The van der Waals surface area contributed by atoms with Crippen molar-refractivity contribution in [2.24, 2.45) is 0 Å². The largest absolute Gasteiger partial charge is 0.495 e. The van der Waals surface area contributed by atoms with E-state index in [4.69, 9.17) is 16.3 Å². The number of ether oxygens (including phenoxy) is 1. The molecule has 2 N–H and O–H groups in total. The van der Waals surface area contributed by atoms with Gasteiger partial charge in [0, 0.05) is 17.8 Å². The van der Waals surface area contributed by atoms with Crippen molar-refractivity contribution < 1.29 is 23.6 Å². The first-order valence-corrected chi connectivity index (χ1v) is 9.83. The number of nitro benzene ring substituents is 1. The number of hydrogen-bond acceptors (Lipinski definition) is 5. The fourth-order valence-electron chi connectivity index (χ4n) is 2.83. The maximum absolute atomic E-state index is 14.0. The van der Waals surface area contributed by atoms with E-state index in [1.165, 1.54) is 67.8 Å². The van der Waals surface area contributed by atoms with Crippen LogP contribution >= 0.6 is 11.6 Å². The average Bonchev–Trinajstić information content (AvgIpc) is 2.79. The summed E-state index contributed by atoms with van der Waals surface area (Å²) < 4.78 is 19.1. The van der Waals surface area contributed by atoms with E-state index in [1.54, 1.807) is 6.07 Å². The Morgan fingerprint density at radius 2 is 1.85 bits per heavy atom. The summed E-state index contributed by atoms with van der Waals surface area (Å²) in [5.74, 6) is -2.00. The number of rotatable bonds is 7. The summed E-state index contributed by atoms with van der Waals surface area (Å²) in [5.41, 5.74) is -0.170. The van der Waals surface area contributed by atoms with E-state index in [1.807, 2.05) is 0 Å². The van der Waals surface area contributed by atoms with E-state index in [0.717, 1.165) is 6.07 Å². The van der Waals surface area contributed by atoms with Crippen molar-refractivity contribution in [3.05, 3.63) is 105 Å². The third-order valence-corrected chi connectivity index (χ3v) is 4.71. The van der Waals surface area contributed by atoms with Crippen LogP contribution in [0.25, 0.3) is 6.08 Å². The van der Waals surface area contributed by atoms with Crippen LogP contribution in [0.2, 0.25) is 5.02 Å². The Hall–Kier alpha value is -4.24. The molecule has 3 aromatic rings. The minimum absolute atomic E-state index is 0.203. The molecule has 0 spiro atoms. The lowest BCUT2D eigenvalue weighted by Gasteiger charge is -2.12.